The first-order valence-electron chi connectivity index (χ1n) is 6.06. The Kier molecular flexibility index (Phi) is 5.30. The van der Waals surface area contributed by atoms with E-state index in [1.54, 1.807) is 0 Å². The zero-order valence-electron chi connectivity index (χ0n) is 11.1. The van der Waals surface area contributed by atoms with Crippen molar-refractivity contribution in [3.8, 4) is 0 Å². The number of nitrogens with one attached hydrogen (secondary N) is 1. The lowest BCUT2D eigenvalue weighted by molar-refractivity contribution is -0.385. The first-order valence-corrected chi connectivity index (χ1v) is 6.44. The van der Waals surface area contributed by atoms with E-state index in [4.69, 9.17) is 11.6 Å². The highest BCUT2D eigenvalue weighted by molar-refractivity contribution is 6.33. The highest BCUT2D eigenvalue weighted by Crippen LogP contribution is 2.28. The number of nitrogens with zero attached hydrogens (tertiary/aromatic N) is 1. The van der Waals surface area contributed by atoms with E-state index in [0.717, 1.165) is 6.42 Å². The molecule has 0 heterocycles. The Balaban J connectivity index is 2.94. The quantitative estimate of drug-likeness (QED) is 0.665. The Labute approximate surface area is 117 Å². The smallest absolute Gasteiger partial charge is 0.300 e. The lowest BCUT2D eigenvalue weighted by atomic mass is 10.0. The largest absolute Gasteiger partial charge is 0.349 e. The zero-order chi connectivity index (χ0) is 14.6. The Morgan fingerprint density at radius 1 is 1.42 bits per heavy atom. The van der Waals surface area contributed by atoms with Crippen LogP contribution in [0.2, 0.25) is 5.02 Å². The van der Waals surface area contributed by atoms with Gasteiger partial charge in [-0.1, -0.05) is 31.5 Å². The molecule has 0 aromatic heterocycles. The van der Waals surface area contributed by atoms with Gasteiger partial charge in [0, 0.05) is 6.04 Å². The van der Waals surface area contributed by atoms with E-state index in [2.05, 4.69) is 5.32 Å². The fraction of sp³-hybridized carbons (Fsp3) is 0.462. The minimum absolute atomic E-state index is 0.00638. The number of hydrogen-bond donors (Lipinski definition) is 1. The topological polar surface area (TPSA) is 72.2 Å². The Hall–Kier alpha value is -1.62. The number of carbonyl (C=O) groups excluding carboxylic acids is 1. The van der Waals surface area contributed by atoms with Crippen molar-refractivity contribution < 1.29 is 9.72 Å². The molecule has 1 aromatic carbocycles. The highest BCUT2D eigenvalue weighted by Gasteiger charge is 2.24. The first kappa shape index (κ1) is 15.4. The van der Waals surface area contributed by atoms with Crippen molar-refractivity contribution in [3.05, 3.63) is 38.9 Å². The van der Waals surface area contributed by atoms with Crippen LogP contribution in [-0.4, -0.2) is 16.9 Å². The molecule has 1 rings (SSSR count). The average Bonchev–Trinajstić information content (AvgIpc) is 2.26. The van der Waals surface area contributed by atoms with Crippen molar-refractivity contribution in [3.63, 3.8) is 0 Å². The van der Waals surface area contributed by atoms with Crippen LogP contribution >= 0.6 is 11.6 Å². The molecule has 0 saturated carbocycles. The molecule has 0 bridgehead atoms. The van der Waals surface area contributed by atoms with Gasteiger partial charge in [-0.15, -0.1) is 0 Å². The predicted octanol–water partition coefficient (Wildman–Crippen LogP) is 3.41. The lowest BCUT2D eigenvalue weighted by Crippen LogP contribution is -2.33. The Morgan fingerprint density at radius 2 is 2.05 bits per heavy atom. The highest BCUT2D eigenvalue weighted by atomic mass is 35.5. The minimum Gasteiger partial charge on any atom is -0.349 e. The third kappa shape index (κ3) is 4.21. The molecule has 0 aliphatic heterocycles. The third-order valence-electron chi connectivity index (χ3n) is 2.62. The SMILES string of the molecule is CC(C)CC(C)NC(=O)c1cccc(Cl)c1[N+](=O)[O-]. The molecule has 0 saturated heterocycles. The van der Waals surface area contributed by atoms with E-state index in [1.165, 1.54) is 18.2 Å². The number of amides is 1. The summed E-state index contributed by atoms with van der Waals surface area (Å²) in [5.74, 6) is -0.0352. The van der Waals surface area contributed by atoms with Crippen LogP contribution in [0.25, 0.3) is 0 Å². The average molecular weight is 285 g/mol. The van der Waals surface area contributed by atoms with Crippen LogP contribution in [0.4, 0.5) is 5.69 Å². The van der Waals surface area contributed by atoms with Crippen molar-refractivity contribution in [2.24, 2.45) is 5.92 Å². The summed E-state index contributed by atoms with van der Waals surface area (Å²) < 4.78 is 0. The molecule has 1 unspecified atom stereocenters. The van der Waals surface area contributed by atoms with E-state index >= 15 is 0 Å². The Morgan fingerprint density at radius 3 is 2.58 bits per heavy atom. The van der Waals surface area contributed by atoms with Gasteiger partial charge < -0.3 is 5.32 Å². The van der Waals surface area contributed by atoms with Crippen LogP contribution in [-0.2, 0) is 0 Å². The molecule has 1 amide bonds. The fourth-order valence-corrected chi connectivity index (χ4v) is 2.20. The fourth-order valence-electron chi connectivity index (χ4n) is 1.95. The number of hydrogen-bond acceptors (Lipinski definition) is 3. The lowest BCUT2D eigenvalue weighted by Gasteiger charge is -2.16. The maximum atomic E-state index is 12.0. The summed E-state index contributed by atoms with van der Waals surface area (Å²) >= 11 is 5.77. The first-order chi connectivity index (χ1) is 8.82. The zero-order valence-corrected chi connectivity index (χ0v) is 11.9. The molecule has 6 heteroatoms. The molecule has 19 heavy (non-hydrogen) atoms. The van der Waals surface area contributed by atoms with Gasteiger partial charge in [0.25, 0.3) is 5.91 Å². The molecule has 0 radical (unpaired) electrons. The number of halogens is 1. The van der Waals surface area contributed by atoms with Crippen molar-refractivity contribution in [1.82, 2.24) is 5.32 Å². The minimum atomic E-state index is -0.635. The monoisotopic (exact) mass is 284 g/mol. The van der Waals surface area contributed by atoms with Crippen LogP contribution in [0.15, 0.2) is 18.2 Å². The van der Waals surface area contributed by atoms with Crippen LogP contribution in [0.5, 0.6) is 0 Å². The van der Waals surface area contributed by atoms with E-state index in [-0.39, 0.29) is 22.3 Å². The van der Waals surface area contributed by atoms with Crippen molar-refractivity contribution in [1.29, 1.82) is 0 Å². The molecule has 0 aliphatic carbocycles. The van der Waals surface area contributed by atoms with Crippen LogP contribution in [0.3, 0.4) is 0 Å². The van der Waals surface area contributed by atoms with Gasteiger partial charge in [-0.05, 0) is 31.4 Å². The maximum absolute atomic E-state index is 12.0. The molecule has 1 aromatic rings. The molecular weight excluding hydrogens is 268 g/mol. The Bertz CT molecular complexity index is 489. The molecule has 1 N–H and O–H groups in total. The predicted molar refractivity (Wildman–Crippen MR) is 74.5 cm³/mol. The number of para-hydroxylation sites is 1. The van der Waals surface area contributed by atoms with Crippen LogP contribution in [0.1, 0.15) is 37.6 Å². The van der Waals surface area contributed by atoms with Gasteiger partial charge in [-0.2, -0.15) is 0 Å². The second-order valence-electron chi connectivity index (χ2n) is 4.90. The number of benzene rings is 1. The van der Waals surface area contributed by atoms with Gasteiger partial charge >= 0.3 is 5.69 Å². The summed E-state index contributed by atoms with van der Waals surface area (Å²) in [6.07, 6.45) is 0.806. The number of rotatable bonds is 5. The summed E-state index contributed by atoms with van der Waals surface area (Å²) in [6.45, 7) is 5.96. The molecule has 104 valence electrons. The second kappa shape index (κ2) is 6.52. The molecule has 0 spiro atoms. The van der Waals surface area contributed by atoms with Gasteiger partial charge in [0.15, 0.2) is 0 Å². The van der Waals surface area contributed by atoms with Crippen molar-refractivity contribution >= 4 is 23.2 Å². The third-order valence-corrected chi connectivity index (χ3v) is 2.92. The van der Waals surface area contributed by atoms with Crippen molar-refractivity contribution in [2.75, 3.05) is 0 Å². The van der Waals surface area contributed by atoms with Crippen LogP contribution in [0, 0.1) is 16.0 Å². The normalized spacial score (nSPS) is 12.3. The summed E-state index contributed by atoms with van der Waals surface area (Å²) in [5, 5.41) is 13.7. The maximum Gasteiger partial charge on any atom is 0.300 e. The van der Waals surface area contributed by atoms with Crippen molar-refractivity contribution in [2.45, 2.75) is 33.2 Å². The van der Waals surface area contributed by atoms with Gasteiger partial charge in [0.05, 0.1) is 4.92 Å². The molecule has 0 aliphatic rings. The van der Waals surface area contributed by atoms with Gasteiger partial charge in [-0.25, -0.2) is 0 Å². The number of carbonyl (C=O) groups is 1. The molecule has 1 atom stereocenters. The van der Waals surface area contributed by atoms with Gasteiger partial charge in [-0.3, -0.25) is 14.9 Å². The van der Waals surface area contributed by atoms with Gasteiger partial charge in [0.2, 0.25) is 0 Å². The molecule has 0 fully saturated rings. The summed E-state index contributed by atoms with van der Waals surface area (Å²) in [5.41, 5.74) is -0.355. The second-order valence-corrected chi connectivity index (χ2v) is 5.30. The van der Waals surface area contributed by atoms with E-state index in [0.29, 0.717) is 5.92 Å². The van der Waals surface area contributed by atoms with E-state index in [1.807, 2.05) is 20.8 Å². The molecule has 5 nitrogen and oxygen atoms in total. The number of nitro benzene ring substituents is 1. The summed E-state index contributed by atoms with van der Waals surface area (Å²) in [7, 11) is 0. The van der Waals surface area contributed by atoms with Crippen LogP contribution < -0.4 is 5.32 Å². The van der Waals surface area contributed by atoms with E-state index < -0.39 is 10.8 Å². The standard InChI is InChI=1S/C13H17ClN2O3/c1-8(2)7-9(3)15-13(17)10-5-4-6-11(14)12(10)16(18)19/h4-6,8-9H,7H2,1-3H3,(H,15,17). The summed E-state index contributed by atoms with van der Waals surface area (Å²) in [6, 6.07) is 4.28. The molecular formula is C13H17ClN2O3. The number of nitro groups is 1. The van der Waals surface area contributed by atoms with E-state index in [9.17, 15) is 14.9 Å². The summed E-state index contributed by atoms with van der Waals surface area (Å²) in [4.78, 5) is 22.4. The van der Waals surface area contributed by atoms with Gasteiger partial charge in [0.1, 0.15) is 10.6 Å².